The van der Waals surface area contributed by atoms with Gasteiger partial charge < -0.3 is 9.84 Å². The van der Waals surface area contributed by atoms with Crippen LogP contribution < -0.4 is 5.32 Å². The molecule has 0 amide bonds. The molecule has 0 spiro atoms. The van der Waals surface area contributed by atoms with Gasteiger partial charge in [0.25, 0.3) is 0 Å². The van der Waals surface area contributed by atoms with Gasteiger partial charge in [0, 0.05) is 12.1 Å². The number of halogens is 1. The lowest BCUT2D eigenvalue weighted by Gasteiger charge is -2.23. The van der Waals surface area contributed by atoms with Gasteiger partial charge in [0.2, 0.25) is 11.7 Å². The van der Waals surface area contributed by atoms with Gasteiger partial charge in [-0.25, -0.2) is 0 Å². The molecule has 1 atom stereocenters. The van der Waals surface area contributed by atoms with Gasteiger partial charge >= 0.3 is 0 Å². The van der Waals surface area contributed by atoms with Crippen LogP contribution >= 0.6 is 12.4 Å². The third-order valence-electron chi connectivity index (χ3n) is 4.44. The number of hydrogen-bond acceptors (Lipinski definition) is 4. The molecule has 1 N–H and O–H groups in total. The molecule has 1 aliphatic heterocycles. The second kappa shape index (κ2) is 7.16. The van der Waals surface area contributed by atoms with Crippen LogP contribution in [0.1, 0.15) is 35.5 Å². The zero-order chi connectivity index (χ0) is 15.6. The van der Waals surface area contributed by atoms with Crippen LogP contribution in [0.2, 0.25) is 0 Å². The number of rotatable bonds is 3. The number of fused-ring (bicyclic) bond motifs is 1. The molecule has 24 heavy (non-hydrogen) atoms. The zero-order valence-electron chi connectivity index (χ0n) is 13.5. The van der Waals surface area contributed by atoms with Gasteiger partial charge in [-0.3, -0.25) is 0 Å². The molecule has 4 rings (SSSR count). The Labute approximate surface area is 147 Å². The molecule has 0 radical (unpaired) electrons. The van der Waals surface area contributed by atoms with Crippen LogP contribution in [-0.4, -0.2) is 10.1 Å². The van der Waals surface area contributed by atoms with Crippen molar-refractivity contribution in [3.8, 4) is 11.4 Å². The smallest absolute Gasteiger partial charge is 0.244 e. The Morgan fingerprint density at radius 2 is 1.83 bits per heavy atom. The van der Waals surface area contributed by atoms with Gasteiger partial charge in [-0.15, -0.1) is 12.4 Å². The normalized spacial score (nSPS) is 16.3. The Morgan fingerprint density at radius 1 is 1.08 bits per heavy atom. The first-order chi connectivity index (χ1) is 11.3. The monoisotopic (exact) mass is 341 g/mol. The van der Waals surface area contributed by atoms with Crippen molar-refractivity contribution in [1.82, 2.24) is 15.5 Å². The maximum Gasteiger partial charge on any atom is 0.244 e. The predicted octanol–water partition coefficient (Wildman–Crippen LogP) is 4.11. The Morgan fingerprint density at radius 3 is 2.58 bits per heavy atom. The highest BCUT2D eigenvalue weighted by molar-refractivity contribution is 5.85. The zero-order valence-corrected chi connectivity index (χ0v) is 14.3. The van der Waals surface area contributed by atoms with E-state index in [9.17, 15) is 0 Å². The summed E-state index contributed by atoms with van der Waals surface area (Å²) in [6.45, 7) is 2.98. The van der Waals surface area contributed by atoms with E-state index in [4.69, 9.17) is 4.52 Å². The maximum atomic E-state index is 5.51. The fraction of sp³-hybridized carbons (Fsp3) is 0.263. The predicted molar refractivity (Wildman–Crippen MR) is 96.1 cm³/mol. The van der Waals surface area contributed by atoms with Gasteiger partial charge in [-0.1, -0.05) is 60.6 Å². The fourth-order valence-corrected chi connectivity index (χ4v) is 3.01. The molecule has 0 saturated carbocycles. The van der Waals surface area contributed by atoms with Crippen molar-refractivity contribution in [1.29, 1.82) is 0 Å². The quantitative estimate of drug-likeness (QED) is 0.779. The third-order valence-corrected chi connectivity index (χ3v) is 4.44. The molecular formula is C19H20ClN3O. The molecule has 1 aliphatic rings. The summed E-state index contributed by atoms with van der Waals surface area (Å²) in [5, 5.41) is 7.63. The molecule has 124 valence electrons. The van der Waals surface area contributed by atoms with Gasteiger partial charge in [0.1, 0.15) is 0 Å². The molecule has 2 heterocycles. The standard InChI is InChI=1S/C19H19N3O.ClH/c1-2-13-7-9-14(10-8-13)18-21-19(23-22-18)17-11-15-5-3-4-6-16(15)12-20-17;/h3-10,17,20H,2,11-12H2,1H3;1H/t17-;/m1./s1. The van der Waals surface area contributed by atoms with Crippen molar-refractivity contribution in [3.63, 3.8) is 0 Å². The maximum absolute atomic E-state index is 5.51. The molecule has 0 fully saturated rings. The Bertz CT molecular complexity index is 813. The van der Waals surface area contributed by atoms with Crippen LogP contribution in [0.5, 0.6) is 0 Å². The van der Waals surface area contributed by atoms with Crippen LogP contribution in [0, 0.1) is 0 Å². The van der Waals surface area contributed by atoms with Gasteiger partial charge in [0.05, 0.1) is 6.04 Å². The first-order valence-corrected chi connectivity index (χ1v) is 8.06. The largest absolute Gasteiger partial charge is 0.337 e. The van der Waals surface area contributed by atoms with Crippen molar-refractivity contribution in [2.75, 3.05) is 0 Å². The first kappa shape index (κ1) is 16.7. The van der Waals surface area contributed by atoms with Crippen molar-refractivity contribution in [2.24, 2.45) is 0 Å². The fourth-order valence-electron chi connectivity index (χ4n) is 3.01. The second-order valence-electron chi connectivity index (χ2n) is 5.91. The molecule has 2 aromatic carbocycles. The number of nitrogens with zero attached hydrogens (tertiary/aromatic N) is 2. The van der Waals surface area contributed by atoms with Crippen LogP contribution in [0.3, 0.4) is 0 Å². The van der Waals surface area contributed by atoms with Gasteiger partial charge in [0.15, 0.2) is 0 Å². The number of nitrogens with one attached hydrogen (secondary N) is 1. The molecule has 0 saturated heterocycles. The highest BCUT2D eigenvalue weighted by Gasteiger charge is 2.24. The van der Waals surface area contributed by atoms with E-state index in [0.29, 0.717) is 11.7 Å². The van der Waals surface area contributed by atoms with Gasteiger partial charge in [-0.05, 0) is 29.5 Å². The lowest BCUT2D eigenvalue weighted by Crippen LogP contribution is -2.28. The summed E-state index contributed by atoms with van der Waals surface area (Å²) in [6, 6.07) is 16.9. The Kier molecular flexibility index (Phi) is 4.97. The van der Waals surface area contributed by atoms with Crippen LogP contribution in [0.4, 0.5) is 0 Å². The van der Waals surface area contributed by atoms with Crippen molar-refractivity contribution in [2.45, 2.75) is 32.4 Å². The SMILES string of the molecule is CCc1ccc(-c2noc([C@H]3Cc4ccccc4CN3)n2)cc1.Cl. The summed E-state index contributed by atoms with van der Waals surface area (Å²) in [4.78, 5) is 4.59. The summed E-state index contributed by atoms with van der Waals surface area (Å²) >= 11 is 0. The highest BCUT2D eigenvalue weighted by atomic mass is 35.5. The average molecular weight is 342 g/mol. The van der Waals surface area contributed by atoms with Crippen LogP contribution in [0.25, 0.3) is 11.4 Å². The van der Waals surface area contributed by atoms with E-state index < -0.39 is 0 Å². The van der Waals surface area contributed by atoms with Crippen molar-refractivity contribution in [3.05, 3.63) is 71.1 Å². The molecule has 5 heteroatoms. The summed E-state index contributed by atoms with van der Waals surface area (Å²) in [5.74, 6) is 1.32. The van der Waals surface area contributed by atoms with Crippen LogP contribution in [-0.2, 0) is 19.4 Å². The molecular weight excluding hydrogens is 322 g/mol. The molecule has 1 aromatic heterocycles. The van der Waals surface area contributed by atoms with E-state index in [-0.39, 0.29) is 18.4 Å². The number of aryl methyl sites for hydroxylation is 1. The summed E-state index contributed by atoms with van der Waals surface area (Å²) < 4.78 is 5.51. The van der Waals surface area contributed by atoms with Gasteiger partial charge in [-0.2, -0.15) is 4.98 Å². The number of aromatic nitrogens is 2. The molecule has 4 nitrogen and oxygen atoms in total. The average Bonchev–Trinajstić information content (AvgIpc) is 3.11. The lowest BCUT2D eigenvalue weighted by molar-refractivity contribution is 0.321. The summed E-state index contributed by atoms with van der Waals surface area (Å²) in [7, 11) is 0. The minimum Gasteiger partial charge on any atom is -0.337 e. The van der Waals surface area contributed by atoms with Crippen molar-refractivity contribution < 1.29 is 4.52 Å². The number of benzene rings is 2. The molecule has 0 bridgehead atoms. The molecule has 3 aromatic rings. The lowest BCUT2D eigenvalue weighted by atomic mass is 9.96. The molecule has 0 aliphatic carbocycles. The number of hydrogen-bond donors (Lipinski definition) is 1. The van der Waals surface area contributed by atoms with E-state index in [0.717, 1.165) is 24.9 Å². The first-order valence-electron chi connectivity index (χ1n) is 8.06. The topological polar surface area (TPSA) is 51.0 Å². The van der Waals surface area contributed by atoms with E-state index in [1.165, 1.54) is 16.7 Å². The summed E-state index contributed by atoms with van der Waals surface area (Å²) in [5.41, 5.74) is 5.00. The van der Waals surface area contributed by atoms with E-state index in [2.05, 4.69) is 70.9 Å². The van der Waals surface area contributed by atoms with Crippen molar-refractivity contribution >= 4 is 12.4 Å². The minimum atomic E-state index is 0. The summed E-state index contributed by atoms with van der Waals surface area (Å²) in [6.07, 6.45) is 1.91. The highest BCUT2D eigenvalue weighted by Crippen LogP contribution is 2.26. The Balaban J connectivity index is 0.00000169. The minimum absolute atomic E-state index is 0. The Hall–Kier alpha value is -2.17. The van der Waals surface area contributed by atoms with E-state index in [1.807, 2.05) is 0 Å². The second-order valence-corrected chi connectivity index (χ2v) is 5.91. The van der Waals surface area contributed by atoms with E-state index in [1.54, 1.807) is 0 Å². The van der Waals surface area contributed by atoms with E-state index >= 15 is 0 Å². The molecule has 0 unspecified atom stereocenters. The van der Waals surface area contributed by atoms with Crippen LogP contribution in [0.15, 0.2) is 53.1 Å². The third kappa shape index (κ3) is 3.21.